The molecule has 1 aliphatic rings. The van der Waals surface area contributed by atoms with Gasteiger partial charge in [0.05, 0.1) is 12.2 Å². The number of hydrogen-bond acceptors (Lipinski definition) is 7. The van der Waals surface area contributed by atoms with Gasteiger partial charge in [0.2, 0.25) is 11.9 Å². The van der Waals surface area contributed by atoms with Crippen molar-refractivity contribution in [3.05, 3.63) is 0 Å². The van der Waals surface area contributed by atoms with Crippen LogP contribution in [0.1, 0.15) is 39.5 Å². The van der Waals surface area contributed by atoms with Crippen LogP contribution in [0.15, 0.2) is 0 Å². The molecule has 3 N–H and O–H groups in total. The number of aromatic nitrogens is 3. The zero-order valence-corrected chi connectivity index (χ0v) is 12.2. The zero-order chi connectivity index (χ0) is 14.6. The van der Waals surface area contributed by atoms with E-state index in [1.54, 1.807) is 0 Å². The summed E-state index contributed by atoms with van der Waals surface area (Å²) < 4.78 is 5.42. The van der Waals surface area contributed by atoms with Crippen LogP contribution < -0.4 is 15.4 Å². The first-order valence-corrected chi connectivity index (χ1v) is 7.12. The molecular weight excluding hydrogens is 258 g/mol. The number of hydrogen-bond donors (Lipinski definition) is 2. The van der Waals surface area contributed by atoms with Crippen molar-refractivity contribution in [2.24, 2.45) is 0 Å². The molecule has 2 heterocycles. The maximum absolute atomic E-state index is 10.1. The van der Waals surface area contributed by atoms with Gasteiger partial charge in [-0.05, 0) is 32.6 Å². The first-order valence-electron chi connectivity index (χ1n) is 7.12. The summed E-state index contributed by atoms with van der Waals surface area (Å²) in [5.41, 5.74) is 5.10. The predicted molar refractivity (Wildman–Crippen MR) is 76.7 cm³/mol. The molecule has 1 atom stereocenters. The Labute approximate surface area is 119 Å². The lowest BCUT2D eigenvalue weighted by Gasteiger charge is -2.22. The number of ether oxygens (including phenoxy) is 1. The molecule has 1 aromatic rings. The molecule has 0 aliphatic carbocycles. The van der Waals surface area contributed by atoms with Crippen molar-refractivity contribution in [3.63, 3.8) is 0 Å². The van der Waals surface area contributed by atoms with Gasteiger partial charge < -0.3 is 20.5 Å². The van der Waals surface area contributed by atoms with Crippen LogP contribution in [0.25, 0.3) is 0 Å². The van der Waals surface area contributed by atoms with Crippen LogP contribution in [0.4, 0.5) is 11.9 Å². The lowest BCUT2D eigenvalue weighted by atomic mass is 9.98. The smallest absolute Gasteiger partial charge is 0.323 e. The normalized spacial score (nSPS) is 23.4. The van der Waals surface area contributed by atoms with Gasteiger partial charge in [0.25, 0.3) is 0 Å². The highest BCUT2D eigenvalue weighted by molar-refractivity contribution is 5.36. The van der Waals surface area contributed by atoms with Crippen LogP contribution in [0.3, 0.4) is 0 Å². The molecule has 20 heavy (non-hydrogen) atoms. The second-order valence-corrected chi connectivity index (χ2v) is 5.46. The van der Waals surface area contributed by atoms with Crippen LogP contribution in [-0.2, 0) is 0 Å². The molecular formula is C13H23N5O2. The summed E-state index contributed by atoms with van der Waals surface area (Å²) in [5, 5.41) is 10.1. The number of nitrogens with two attached hydrogens (primary N) is 1. The molecule has 0 radical (unpaired) electrons. The van der Waals surface area contributed by atoms with E-state index < -0.39 is 5.60 Å². The van der Waals surface area contributed by atoms with E-state index in [9.17, 15) is 5.11 Å². The third kappa shape index (κ3) is 3.93. The third-order valence-corrected chi connectivity index (χ3v) is 3.40. The van der Waals surface area contributed by atoms with Gasteiger partial charge in [-0.15, -0.1) is 0 Å². The molecule has 0 saturated carbocycles. The minimum absolute atomic E-state index is 0.164. The average Bonchev–Trinajstić information content (AvgIpc) is 2.57. The second kappa shape index (κ2) is 6.21. The van der Waals surface area contributed by atoms with Gasteiger partial charge in [-0.2, -0.15) is 15.0 Å². The Morgan fingerprint density at radius 1 is 1.30 bits per heavy atom. The Kier molecular flexibility index (Phi) is 4.59. The fourth-order valence-electron chi connectivity index (χ4n) is 2.22. The van der Waals surface area contributed by atoms with Crippen molar-refractivity contribution in [2.75, 3.05) is 30.3 Å². The van der Waals surface area contributed by atoms with Gasteiger partial charge >= 0.3 is 6.01 Å². The van der Waals surface area contributed by atoms with E-state index in [0.29, 0.717) is 25.5 Å². The number of nitrogen functional groups attached to an aromatic ring is 1. The van der Waals surface area contributed by atoms with Crippen molar-refractivity contribution in [3.8, 4) is 6.01 Å². The highest BCUT2D eigenvalue weighted by atomic mass is 16.5. The van der Waals surface area contributed by atoms with Gasteiger partial charge in [0.15, 0.2) is 0 Å². The molecule has 112 valence electrons. The SMILES string of the molecule is CCCOc1nc(N)nc(N2CCCC(C)(O)CC2)n1. The lowest BCUT2D eigenvalue weighted by molar-refractivity contribution is 0.0481. The minimum Gasteiger partial charge on any atom is -0.463 e. The number of rotatable bonds is 4. The highest BCUT2D eigenvalue weighted by Crippen LogP contribution is 2.24. The summed E-state index contributed by atoms with van der Waals surface area (Å²) in [6.45, 7) is 5.94. The van der Waals surface area contributed by atoms with Gasteiger partial charge in [-0.3, -0.25) is 0 Å². The Bertz CT molecular complexity index is 452. The van der Waals surface area contributed by atoms with E-state index in [2.05, 4.69) is 15.0 Å². The zero-order valence-electron chi connectivity index (χ0n) is 12.2. The topological polar surface area (TPSA) is 97.4 Å². The highest BCUT2D eigenvalue weighted by Gasteiger charge is 2.26. The number of aliphatic hydroxyl groups is 1. The molecule has 7 nitrogen and oxygen atoms in total. The largest absolute Gasteiger partial charge is 0.463 e. The van der Waals surface area contributed by atoms with E-state index in [1.165, 1.54) is 0 Å². The molecule has 0 bridgehead atoms. The van der Waals surface area contributed by atoms with Crippen LogP contribution in [0.5, 0.6) is 6.01 Å². The quantitative estimate of drug-likeness (QED) is 0.849. The molecule has 1 aromatic heterocycles. The minimum atomic E-state index is -0.616. The molecule has 1 unspecified atom stereocenters. The van der Waals surface area contributed by atoms with Crippen LogP contribution in [0, 0.1) is 0 Å². The van der Waals surface area contributed by atoms with Crippen molar-refractivity contribution in [1.29, 1.82) is 0 Å². The number of nitrogens with zero attached hydrogens (tertiary/aromatic N) is 4. The van der Waals surface area contributed by atoms with Gasteiger partial charge in [0.1, 0.15) is 0 Å². The summed E-state index contributed by atoms with van der Waals surface area (Å²) in [4.78, 5) is 14.5. The Morgan fingerprint density at radius 2 is 2.10 bits per heavy atom. The Morgan fingerprint density at radius 3 is 2.85 bits per heavy atom. The van der Waals surface area contributed by atoms with Crippen molar-refractivity contribution in [1.82, 2.24) is 15.0 Å². The van der Waals surface area contributed by atoms with Gasteiger partial charge in [0, 0.05) is 13.1 Å². The van der Waals surface area contributed by atoms with Crippen molar-refractivity contribution in [2.45, 2.75) is 45.1 Å². The monoisotopic (exact) mass is 281 g/mol. The summed E-state index contributed by atoms with van der Waals surface area (Å²) in [5.74, 6) is 0.693. The maximum Gasteiger partial charge on any atom is 0.323 e. The Balaban J connectivity index is 2.13. The molecule has 2 rings (SSSR count). The summed E-state index contributed by atoms with van der Waals surface area (Å²) in [7, 11) is 0. The summed E-state index contributed by atoms with van der Waals surface area (Å²) in [6, 6.07) is 0.269. The molecule has 1 saturated heterocycles. The van der Waals surface area contributed by atoms with Gasteiger partial charge in [-0.1, -0.05) is 6.92 Å². The first-order chi connectivity index (χ1) is 9.50. The van der Waals surface area contributed by atoms with E-state index >= 15 is 0 Å². The van der Waals surface area contributed by atoms with E-state index in [0.717, 1.165) is 25.8 Å². The summed E-state index contributed by atoms with van der Waals surface area (Å²) >= 11 is 0. The molecule has 0 spiro atoms. The molecule has 0 aromatic carbocycles. The van der Waals surface area contributed by atoms with Crippen molar-refractivity contribution >= 4 is 11.9 Å². The molecule has 1 fully saturated rings. The third-order valence-electron chi connectivity index (χ3n) is 3.40. The fourth-order valence-corrected chi connectivity index (χ4v) is 2.22. The standard InChI is InChI=1S/C13H23N5O2/c1-3-9-20-12-16-10(14)15-11(17-12)18-7-4-5-13(2,19)6-8-18/h19H,3-9H2,1-2H3,(H2,14,15,16,17). The van der Waals surface area contributed by atoms with Crippen LogP contribution in [-0.4, -0.2) is 45.4 Å². The maximum atomic E-state index is 10.1. The van der Waals surface area contributed by atoms with E-state index in [-0.39, 0.29) is 12.0 Å². The van der Waals surface area contributed by atoms with E-state index in [1.807, 2.05) is 18.7 Å². The van der Waals surface area contributed by atoms with Crippen LogP contribution >= 0.6 is 0 Å². The molecule has 1 aliphatic heterocycles. The molecule has 0 amide bonds. The van der Waals surface area contributed by atoms with Crippen molar-refractivity contribution < 1.29 is 9.84 Å². The number of anilines is 2. The summed E-state index contributed by atoms with van der Waals surface area (Å²) in [6.07, 6.45) is 3.24. The Hall–Kier alpha value is -1.63. The lowest BCUT2D eigenvalue weighted by Crippen LogP contribution is -2.29. The van der Waals surface area contributed by atoms with Gasteiger partial charge in [-0.25, -0.2) is 0 Å². The molecule has 7 heteroatoms. The predicted octanol–water partition coefficient (Wildman–Crippen LogP) is 0.984. The van der Waals surface area contributed by atoms with Crippen LogP contribution in [0.2, 0.25) is 0 Å². The second-order valence-electron chi connectivity index (χ2n) is 5.46. The van der Waals surface area contributed by atoms with E-state index in [4.69, 9.17) is 10.5 Å². The first kappa shape index (κ1) is 14.8. The average molecular weight is 281 g/mol. The fraction of sp³-hybridized carbons (Fsp3) is 0.769.